The number of aromatic nitrogens is 5. The minimum absolute atomic E-state index is 0.0756. The lowest BCUT2D eigenvalue weighted by atomic mass is 10.2. The molecule has 0 unspecified atom stereocenters. The third-order valence-corrected chi connectivity index (χ3v) is 5.64. The van der Waals surface area contributed by atoms with Crippen LogP contribution in [0.4, 0.5) is 0 Å². The van der Waals surface area contributed by atoms with Gasteiger partial charge in [-0.1, -0.05) is 11.8 Å². The molecule has 9 heteroatoms. The SMILES string of the molecule is COCCn1cnnc1SCc1nc2sc(C)c(C)c2c(=O)[nH]1. The number of nitrogens with one attached hydrogen (secondary N) is 1. The van der Waals surface area contributed by atoms with Crippen LogP contribution in [0.2, 0.25) is 0 Å². The van der Waals surface area contributed by atoms with Gasteiger partial charge >= 0.3 is 0 Å². The summed E-state index contributed by atoms with van der Waals surface area (Å²) in [6, 6.07) is 0. The quantitative estimate of drug-likeness (QED) is 0.685. The molecule has 122 valence electrons. The fraction of sp³-hybridized carbons (Fsp3) is 0.429. The Morgan fingerprint density at radius 3 is 3.04 bits per heavy atom. The molecule has 0 saturated carbocycles. The van der Waals surface area contributed by atoms with Gasteiger partial charge in [-0.25, -0.2) is 4.98 Å². The van der Waals surface area contributed by atoms with Gasteiger partial charge < -0.3 is 14.3 Å². The summed E-state index contributed by atoms with van der Waals surface area (Å²) < 4.78 is 6.99. The van der Waals surface area contributed by atoms with E-state index in [1.165, 1.54) is 11.8 Å². The average molecular weight is 351 g/mol. The smallest absolute Gasteiger partial charge is 0.259 e. The van der Waals surface area contributed by atoms with E-state index in [1.807, 2.05) is 18.4 Å². The van der Waals surface area contributed by atoms with Crippen molar-refractivity contribution in [3.63, 3.8) is 0 Å². The van der Waals surface area contributed by atoms with Crippen LogP contribution in [0, 0.1) is 13.8 Å². The molecule has 23 heavy (non-hydrogen) atoms. The molecule has 3 aromatic heterocycles. The van der Waals surface area contributed by atoms with E-state index in [-0.39, 0.29) is 5.56 Å². The Morgan fingerprint density at radius 1 is 1.43 bits per heavy atom. The number of thiophene rings is 1. The predicted molar refractivity (Wildman–Crippen MR) is 91.2 cm³/mol. The maximum atomic E-state index is 12.3. The summed E-state index contributed by atoms with van der Waals surface area (Å²) in [6.45, 7) is 5.25. The first-order valence-electron chi connectivity index (χ1n) is 7.08. The van der Waals surface area contributed by atoms with E-state index in [4.69, 9.17) is 4.74 Å². The Hall–Kier alpha value is -1.71. The number of aryl methyl sites for hydroxylation is 2. The third-order valence-electron chi connectivity index (χ3n) is 3.54. The lowest BCUT2D eigenvalue weighted by Crippen LogP contribution is -2.11. The second-order valence-corrected chi connectivity index (χ2v) is 7.21. The van der Waals surface area contributed by atoms with Crippen LogP contribution in [0.5, 0.6) is 0 Å². The molecule has 0 bridgehead atoms. The average Bonchev–Trinajstić information content (AvgIpc) is 3.08. The van der Waals surface area contributed by atoms with Gasteiger partial charge in [-0.15, -0.1) is 21.5 Å². The summed E-state index contributed by atoms with van der Waals surface area (Å²) in [4.78, 5) is 21.6. The molecule has 0 aliphatic carbocycles. The van der Waals surface area contributed by atoms with Crippen molar-refractivity contribution in [1.29, 1.82) is 0 Å². The van der Waals surface area contributed by atoms with Crippen LogP contribution in [0.25, 0.3) is 10.2 Å². The van der Waals surface area contributed by atoms with Gasteiger partial charge in [-0.3, -0.25) is 4.79 Å². The highest BCUT2D eigenvalue weighted by atomic mass is 32.2. The van der Waals surface area contributed by atoms with Crippen LogP contribution < -0.4 is 5.56 Å². The lowest BCUT2D eigenvalue weighted by Gasteiger charge is -2.05. The second-order valence-electron chi connectivity index (χ2n) is 5.06. The fourth-order valence-corrected chi connectivity index (χ4v) is 4.06. The Labute approximate surface area is 141 Å². The van der Waals surface area contributed by atoms with Gasteiger partial charge in [0.2, 0.25) is 0 Å². The summed E-state index contributed by atoms with van der Waals surface area (Å²) >= 11 is 3.05. The molecule has 7 nitrogen and oxygen atoms in total. The van der Waals surface area contributed by atoms with E-state index in [1.54, 1.807) is 24.8 Å². The lowest BCUT2D eigenvalue weighted by molar-refractivity contribution is 0.184. The van der Waals surface area contributed by atoms with E-state index in [0.29, 0.717) is 30.1 Å². The number of aromatic amines is 1. The number of hydrogen-bond acceptors (Lipinski definition) is 7. The fourth-order valence-electron chi connectivity index (χ4n) is 2.20. The van der Waals surface area contributed by atoms with E-state index >= 15 is 0 Å². The molecule has 0 spiro atoms. The van der Waals surface area contributed by atoms with Gasteiger partial charge in [0.25, 0.3) is 5.56 Å². The normalized spacial score (nSPS) is 11.4. The van der Waals surface area contributed by atoms with Gasteiger partial charge in [0.15, 0.2) is 5.16 Å². The molecular formula is C14H17N5O2S2. The topological polar surface area (TPSA) is 85.7 Å². The summed E-state index contributed by atoms with van der Waals surface area (Å²) in [5, 5.41) is 9.49. The Balaban J connectivity index is 1.80. The van der Waals surface area contributed by atoms with Crippen LogP contribution in [0.15, 0.2) is 16.3 Å². The third kappa shape index (κ3) is 3.31. The highest BCUT2D eigenvalue weighted by molar-refractivity contribution is 7.98. The molecule has 0 aliphatic rings. The molecule has 0 fully saturated rings. The van der Waals surface area contributed by atoms with Gasteiger partial charge in [0.05, 0.1) is 17.7 Å². The number of hydrogen-bond donors (Lipinski definition) is 1. The molecular weight excluding hydrogens is 334 g/mol. The van der Waals surface area contributed by atoms with Crippen molar-refractivity contribution >= 4 is 33.3 Å². The number of ether oxygens (including phenoxy) is 1. The Kier molecular flexibility index (Phi) is 4.79. The number of rotatable bonds is 6. The highest BCUT2D eigenvalue weighted by Gasteiger charge is 2.13. The number of fused-ring (bicyclic) bond motifs is 1. The number of methoxy groups -OCH3 is 1. The van der Waals surface area contributed by atoms with Crippen LogP contribution >= 0.6 is 23.1 Å². The van der Waals surface area contributed by atoms with Gasteiger partial charge in [-0.2, -0.15) is 0 Å². The zero-order valence-corrected chi connectivity index (χ0v) is 14.8. The summed E-state index contributed by atoms with van der Waals surface area (Å²) in [6.07, 6.45) is 1.67. The van der Waals surface area contributed by atoms with Crippen molar-refractivity contribution in [3.8, 4) is 0 Å². The van der Waals surface area contributed by atoms with Crippen LogP contribution in [-0.2, 0) is 17.0 Å². The monoisotopic (exact) mass is 351 g/mol. The molecule has 0 aliphatic heterocycles. The van der Waals surface area contributed by atoms with Crippen molar-refractivity contribution in [2.45, 2.75) is 31.3 Å². The summed E-state index contributed by atoms with van der Waals surface area (Å²) in [5.41, 5.74) is 0.936. The largest absolute Gasteiger partial charge is 0.383 e. The van der Waals surface area contributed by atoms with Crippen molar-refractivity contribution in [2.24, 2.45) is 0 Å². The van der Waals surface area contributed by atoms with Gasteiger partial charge in [0.1, 0.15) is 17.0 Å². The van der Waals surface area contributed by atoms with Crippen LogP contribution in [-0.4, -0.2) is 38.4 Å². The van der Waals surface area contributed by atoms with Crippen LogP contribution in [0.1, 0.15) is 16.3 Å². The van der Waals surface area contributed by atoms with Crippen molar-refractivity contribution in [1.82, 2.24) is 24.7 Å². The molecule has 0 saturated heterocycles. The first kappa shape index (κ1) is 16.2. The molecule has 0 radical (unpaired) electrons. The molecule has 1 N–H and O–H groups in total. The first-order chi connectivity index (χ1) is 11.1. The standard InChI is InChI=1S/C14H17N5O2S2/c1-8-9(2)23-13-11(8)12(20)16-10(17-13)6-22-14-18-15-7-19(14)4-5-21-3/h7H,4-6H2,1-3H3,(H,16,17,20). The molecule has 3 rings (SSSR count). The van der Waals surface area contributed by atoms with E-state index in [0.717, 1.165) is 20.4 Å². The van der Waals surface area contributed by atoms with Gasteiger partial charge in [0, 0.05) is 18.5 Å². The molecule has 0 aromatic carbocycles. The van der Waals surface area contributed by atoms with Crippen LogP contribution in [0.3, 0.4) is 0 Å². The van der Waals surface area contributed by atoms with E-state index in [2.05, 4.69) is 20.2 Å². The van der Waals surface area contributed by atoms with Crippen molar-refractivity contribution < 1.29 is 4.74 Å². The molecule has 0 amide bonds. The number of H-pyrrole nitrogens is 1. The number of nitrogens with zero attached hydrogens (tertiary/aromatic N) is 4. The Bertz CT molecular complexity index is 883. The molecule has 0 atom stereocenters. The minimum Gasteiger partial charge on any atom is -0.383 e. The van der Waals surface area contributed by atoms with E-state index < -0.39 is 0 Å². The summed E-state index contributed by atoms with van der Waals surface area (Å²) in [5.74, 6) is 1.18. The molecule has 3 heterocycles. The maximum Gasteiger partial charge on any atom is 0.259 e. The Morgan fingerprint density at radius 2 is 2.26 bits per heavy atom. The second kappa shape index (κ2) is 6.81. The maximum absolute atomic E-state index is 12.3. The van der Waals surface area contributed by atoms with Gasteiger partial charge in [-0.05, 0) is 19.4 Å². The predicted octanol–water partition coefficient (Wildman–Crippen LogP) is 2.13. The van der Waals surface area contributed by atoms with Crippen molar-refractivity contribution in [2.75, 3.05) is 13.7 Å². The first-order valence-corrected chi connectivity index (χ1v) is 8.88. The molecule has 3 aromatic rings. The number of thioether (sulfide) groups is 1. The zero-order chi connectivity index (χ0) is 16.4. The van der Waals surface area contributed by atoms with Crippen molar-refractivity contribution in [3.05, 3.63) is 32.9 Å². The summed E-state index contributed by atoms with van der Waals surface area (Å²) in [7, 11) is 1.66. The highest BCUT2D eigenvalue weighted by Crippen LogP contribution is 2.26. The minimum atomic E-state index is -0.0756. The zero-order valence-electron chi connectivity index (χ0n) is 13.1. The van der Waals surface area contributed by atoms with E-state index in [9.17, 15) is 4.79 Å².